The van der Waals surface area contributed by atoms with E-state index in [0.29, 0.717) is 0 Å². The van der Waals surface area contributed by atoms with E-state index >= 15 is 0 Å². The Morgan fingerprint density at radius 3 is 0.600 bits per heavy atom. The topological polar surface area (TPSA) is 0 Å². The molecule has 0 unspecified atom stereocenters. The van der Waals surface area contributed by atoms with Gasteiger partial charge in [0.15, 0.2) is 0 Å². The third-order valence-corrected chi connectivity index (χ3v) is 1.000. The quantitative estimate of drug-likeness (QED) is 0.532. The van der Waals surface area contributed by atoms with Crippen LogP contribution in [0.15, 0.2) is 0 Å². The molecule has 0 bridgehead atoms. The first-order valence-electron chi connectivity index (χ1n) is 4.83. The molecule has 0 aliphatic rings. The van der Waals surface area contributed by atoms with Crippen molar-refractivity contribution in [2.75, 3.05) is 0 Å². The van der Waals surface area contributed by atoms with Gasteiger partial charge >= 0.3 is 0 Å². The molecular weight excluding hydrogens is 120 g/mol. The van der Waals surface area contributed by atoms with Gasteiger partial charge in [-0.3, -0.25) is 0 Å². The van der Waals surface area contributed by atoms with Crippen molar-refractivity contribution in [3.8, 4) is 0 Å². The molecule has 0 aliphatic heterocycles. The predicted molar refractivity (Wildman–Crippen MR) is 52.5 cm³/mol. The number of rotatable bonds is 2. The maximum atomic E-state index is 2.18. The SMILES string of the molecule is CC.CCCC.CCCC. The van der Waals surface area contributed by atoms with Gasteiger partial charge in [0.25, 0.3) is 0 Å². The van der Waals surface area contributed by atoms with Crippen LogP contribution in [0.5, 0.6) is 0 Å². The molecule has 0 aromatic carbocycles. The summed E-state index contributed by atoms with van der Waals surface area (Å²) in [5, 5.41) is 0. The van der Waals surface area contributed by atoms with Crippen molar-refractivity contribution in [1.82, 2.24) is 0 Å². The molecule has 0 rings (SSSR count). The standard InChI is InChI=1S/2C4H10.C2H6/c2*1-3-4-2;1-2/h2*3-4H2,1-2H3;1-2H3. The van der Waals surface area contributed by atoms with Crippen LogP contribution in [0.4, 0.5) is 0 Å². The molecule has 0 saturated heterocycles. The lowest BCUT2D eigenvalue weighted by molar-refractivity contribution is 0.886. The summed E-state index contributed by atoms with van der Waals surface area (Å²) in [7, 11) is 0. The highest BCUT2D eigenvalue weighted by atomic mass is 13.6. The first kappa shape index (κ1) is 16.5. The summed E-state index contributed by atoms with van der Waals surface area (Å²) in [5.74, 6) is 0. The Hall–Kier alpha value is 0. The van der Waals surface area contributed by atoms with E-state index in [-0.39, 0.29) is 0 Å². The van der Waals surface area contributed by atoms with Crippen LogP contribution in [0.3, 0.4) is 0 Å². The summed E-state index contributed by atoms with van der Waals surface area (Å²) < 4.78 is 0. The Labute approximate surface area is 68.0 Å². The molecule has 0 radical (unpaired) electrons. The van der Waals surface area contributed by atoms with E-state index in [0.717, 1.165) is 0 Å². The molecule has 0 fully saturated rings. The predicted octanol–water partition coefficient (Wildman–Crippen LogP) is 4.64. The Bertz CT molecular complexity index is 8.00. The average Bonchev–Trinajstić information content (AvgIpc) is 2.08. The largest absolute Gasteiger partial charge is 0.0683 e. The summed E-state index contributed by atoms with van der Waals surface area (Å²) in [6.07, 6.45) is 5.28. The molecule has 0 N–H and O–H groups in total. The van der Waals surface area contributed by atoms with Gasteiger partial charge in [0, 0.05) is 0 Å². The minimum absolute atomic E-state index is 1.32. The summed E-state index contributed by atoms with van der Waals surface area (Å²) in [6.45, 7) is 12.7. The Morgan fingerprint density at radius 1 is 0.500 bits per heavy atom. The zero-order valence-corrected chi connectivity index (χ0v) is 8.83. The molecule has 0 saturated carbocycles. The molecular formula is C10H26. The van der Waals surface area contributed by atoms with Gasteiger partial charge in [0.2, 0.25) is 0 Å². The van der Waals surface area contributed by atoms with Crippen molar-refractivity contribution >= 4 is 0 Å². The minimum Gasteiger partial charge on any atom is -0.0683 e. The monoisotopic (exact) mass is 146 g/mol. The fourth-order valence-corrected chi connectivity index (χ4v) is 0. The fraction of sp³-hybridized carbons (Fsp3) is 1.00. The van der Waals surface area contributed by atoms with E-state index in [1.165, 1.54) is 25.7 Å². The molecule has 0 amide bonds. The molecule has 10 heavy (non-hydrogen) atoms. The average molecular weight is 146 g/mol. The van der Waals surface area contributed by atoms with Gasteiger partial charge in [-0.1, -0.05) is 67.2 Å². The highest BCUT2D eigenvalue weighted by molar-refractivity contribution is 4.13. The van der Waals surface area contributed by atoms with Crippen molar-refractivity contribution in [3.63, 3.8) is 0 Å². The van der Waals surface area contributed by atoms with E-state index in [4.69, 9.17) is 0 Å². The van der Waals surface area contributed by atoms with Crippen LogP contribution in [0.2, 0.25) is 0 Å². The molecule has 0 nitrogen and oxygen atoms in total. The second-order valence-electron chi connectivity index (χ2n) is 2.00. The molecule has 0 aliphatic carbocycles. The van der Waals surface area contributed by atoms with Crippen molar-refractivity contribution in [3.05, 3.63) is 0 Å². The third-order valence-electron chi connectivity index (χ3n) is 1.000. The van der Waals surface area contributed by atoms with E-state index < -0.39 is 0 Å². The van der Waals surface area contributed by atoms with E-state index in [2.05, 4.69) is 27.7 Å². The van der Waals surface area contributed by atoms with Gasteiger partial charge in [-0.15, -0.1) is 0 Å². The molecule has 0 heteroatoms. The second kappa shape index (κ2) is 36.0. The van der Waals surface area contributed by atoms with Crippen molar-refractivity contribution < 1.29 is 0 Å². The van der Waals surface area contributed by atoms with Crippen molar-refractivity contribution in [1.29, 1.82) is 0 Å². The van der Waals surface area contributed by atoms with Crippen LogP contribution >= 0.6 is 0 Å². The van der Waals surface area contributed by atoms with Crippen molar-refractivity contribution in [2.45, 2.75) is 67.2 Å². The first-order valence-corrected chi connectivity index (χ1v) is 4.83. The number of unbranched alkanes of at least 4 members (excludes halogenated alkanes) is 2. The van der Waals surface area contributed by atoms with E-state index in [1.807, 2.05) is 13.8 Å². The number of hydrogen-bond donors (Lipinski definition) is 0. The van der Waals surface area contributed by atoms with Gasteiger partial charge in [0.05, 0.1) is 0 Å². The van der Waals surface area contributed by atoms with Gasteiger partial charge in [-0.25, -0.2) is 0 Å². The van der Waals surface area contributed by atoms with Gasteiger partial charge in [0.1, 0.15) is 0 Å². The lowest BCUT2D eigenvalue weighted by Crippen LogP contribution is -1.47. The van der Waals surface area contributed by atoms with Crippen LogP contribution in [0.1, 0.15) is 67.2 Å². The Kier molecular flexibility index (Phi) is 59.5. The summed E-state index contributed by atoms with van der Waals surface area (Å²) >= 11 is 0. The minimum atomic E-state index is 1.32. The lowest BCUT2D eigenvalue weighted by Gasteiger charge is -1.68. The fourth-order valence-electron chi connectivity index (χ4n) is 0. The summed E-state index contributed by atoms with van der Waals surface area (Å²) in [5.41, 5.74) is 0. The maximum absolute atomic E-state index is 2.18. The van der Waals surface area contributed by atoms with Gasteiger partial charge < -0.3 is 0 Å². The lowest BCUT2D eigenvalue weighted by atomic mass is 10.4. The third kappa shape index (κ3) is 98.0. The highest BCUT2D eigenvalue weighted by Crippen LogP contribution is 1.77. The normalized spacial score (nSPS) is 6.60. The summed E-state index contributed by atoms with van der Waals surface area (Å²) in [6, 6.07) is 0. The Balaban J connectivity index is -0.0000000787. The number of hydrogen-bond acceptors (Lipinski definition) is 0. The van der Waals surface area contributed by atoms with Crippen LogP contribution in [0, 0.1) is 0 Å². The molecule has 0 spiro atoms. The second-order valence-corrected chi connectivity index (χ2v) is 2.00. The first-order chi connectivity index (χ1) is 4.83. The van der Waals surface area contributed by atoms with Gasteiger partial charge in [-0.05, 0) is 0 Å². The molecule has 0 aromatic rings. The van der Waals surface area contributed by atoms with Crippen molar-refractivity contribution in [2.24, 2.45) is 0 Å². The van der Waals surface area contributed by atoms with E-state index in [1.54, 1.807) is 0 Å². The summed E-state index contributed by atoms with van der Waals surface area (Å²) in [4.78, 5) is 0. The maximum Gasteiger partial charge on any atom is -0.0564 e. The van der Waals surface area contributed by atoms with Gasteiger partial charge in [-0.2, -0.15) is 0 Å². The molecule has 0 atom stereocenters. The van der Waals surface area contributed by atoms with Crippen LogP contribution in [-0.4, -0.2) is 0 Å². The van der Waals surface area contributed by atoms with Crippen LogP contribution < -0.4 is 0 Å². The zero-order valence-electron chi connectivity index (χ0n) is 8.83. The molecule has 0 aromatic heterocycles. The Morgan fingerprint density at radius 2 is 0.600 bits per heavy atom. The molecule has 66 valence electrons. The van der Waals surface area contributed by atoms with Crippen LogP contribution in [0.25, 0.3) is 0 Å². The smallest absolute Gasteiger partial charge is 0.0564 e. The highest BCUT2D eigenvalue weighted by Gasteiger charge is 1.56. The molecule has 0 heterocycles. The zero-order chi connectivity index (χ0) is 8.83. The van der Waals surface area contributed by atoms with E-state index in [9.17, 15) is 0 Å². The van der Waals surface area contributed by atoms with Crippen LogP contribution in [-0.2, 0) is 0 Å².